The van der Waals surface area contributed by atoms with E-state index in [1.54, 1.807) is 44.3 Å². The molecule has 4 rings (SSSR count). The number of sulfonamides is 1. The summed E-state index contributed by atoms with van der Waals surface area (Å²) in [7, 11) is -0.839. The van der Waals surface area contributed by atoms with Crippen LogP contribution in [0.2, 0.25) is 0 Å². The van der Waals surface area contributed by atoms with Crippen LogP contribution in [-0.2, 0) is 14.8 Å². The van der Waals surface area contributed by atoms with Crippen molar-refractivity contribution in [3.8, 4) is 0 Å². The van der Waals surface area contributed by atoms with Gasteiger partial charge in [0.1, 0.15) is 11.5 Å². The van der Waals surface area contributed by atoms with Gasteiger partial charge in [-0.3, -0.25) is 14.0 Å². The Morgan fingerprint density at radius 2 is 1.89 bits per heavy atom. The molecule has 1 saturated heterocycles. The molecule has 0 atom stereocenters. The summed E-state index contributed by atoms with van der Waals surface area (Å²) in [6.45, 7) is 3.29. The molecule has 3 heterocycles. The maximum Gasteiger partial charge on any atom is 0.278 e. The Morgan fingerprint density at radius 1 is 1.21 bits per heavy atom. The number of hydrogen-bond acceptors (Lipinski definition) is 6. The SMILES string of the molecule is Cc1cc(N(C)C(=O)C2=C(N3CCCC3)c3ccccc3S(=O)(=O)N2C)no1. The second kappa shape index (κ2) is 6.66. The van der Waals surface area contributed by atoms with Gasteiger partial charge in [-0.2, -0.15) is 0 Å². The molecule has 1 aromatic carbocycles. The zero-order chi connectivity index (χ0) is 20.1. The first-order chi connectivity index (χ1) is 13.3. The number of amides is 1. The summed E-state index contributed by atoms with van der Waals surface area (Å²) < 4.78 is 32.4. The largest absolute Gasteiger partial charge is 0.369 e. The van der Waals surface area contributed by atoms with E-state index in [-0.39, 0.29) is 10.6 Å². The van der Waals surface area contributed by atoms with Gasteiger partial charge in [-0.15, -0.1) is 0 Å². The van der Waals surface area contributed by atoms with E-state index in [4.69, 9.17) is 4.52 Å². The number of carbonyl (C=O) groups excluding carboxylic acids is 1. The van der Waals surface area contributed by atoms with Gasteiger partial charge in [0, 0.05) is 38.8 Å². The Balaban J connectivity index is 1.92. The van der Waals surface area contributed by atoms with Gasteiger partial charge in [0.25, 0.3) is 15.9 Å². The number of fused-ring (bicyclic) bond motifs is 1. The minimum Gasteiger partial charge on any atom is -0.369 e. The van der Waals surface area contributed by atoms with Crippen molar-refractivity contribution in [2.45, 2.75) is 24.7 Å². The first kappa shape index (κ1) is 18.5. The summed E-state index contributed by atoms with van der Waals surface area (Å²) in [5.41, 5.74) is 1.35. The van der Waals surface area contributed by atoms with E-state index >= 15 is 0 Å². The van der Waals surface area contributed by atoms with Crippen LogP contribution in [0, 0.1) is 6.92 Å². The number of likely N-dealkylation sites (N-methyl/N-ethyl adjacent to an activating group) is 2. The molecule has 1 aromatic heterocycles. The minimum atomic E-state index is -3.83. The van der Waals surface area contributed by atoms with Gasteiger partial charge in [0.2, 0.25) is 0 Å². The van der Waals surface area contributed by atoms with E-state index in [1.165, 1.54) is 11.9 Å². The van der Waals surface area contributed by atoms with Gasteiger partial charge in [-0.1, -0.05) is 23.4 Å². The molecule has 2 aliphatic heterocycles. The Hall–Kier alpha value is -2.81. The molecule has 0 spiro atoms. The molecule has 0 aliphatic carbocycles. The van der Waals surface area contributed by atoms with E-state index in [1.807, 2.05) is 0 Å². The highest BCUT2D eigenvalue weighted by molar-refractivity contribution is 7.89. The van der Waals surface area contributed by atoms with Gasteiger partial charge in [-0.25, -0.2) is 8.42 Å². The zero-order valence-corrected chi connectivity index (χ0v) is 16.9. The van der Waals surface area contributed by atoms with Gasteiger partial charge in [-0.05, 0) is 25.8 Å². The molecule has 0 saturated carbocycles. The molecular weight excluding hydrogens is 380 g/mol. The van der Waals surface area contributed by atoms with E-state index in [0.717, 1.165) is 30.2 Å². The van der Waals surface area contributed by atoms with E-state index in [2.05, 4.69) is 10.1 Å². The zero-order valence-electron chi connectivity index (χ0n) is 16.0. The highest BCUT2D eigenvalue weighted by Crippen LogP contribution is 2.39. The maximum atomic E-state index is 13.4. The van der Waals surface area contributed by atoms with Gasteiger partial charge < -0.3 is 9.42 Å². The van der Waals surface area contributed by atoms with Gasteiger partial charge in [0.05, 0.1) is 10.6 Å². The first-order valence-corrected chi connectivity index (χ1v) is 10.6. The third-order valence-corrected chi connectivity index (χ3v) is 7.02. The lowest BCUT2D eigenvalue weighted by molar-refractivity contribution is -0.115. The second-order valence-electron chi connectivity index (χ2n) is 7.02. The monoisotopic (exact) mass is 402 g/mol. The molecule has 9 heteroatoms. The number of benzene rings is 1. The van der Waals surface area contributed by atoms with E-state index in [0.29, 0.717) is 22.8 Å². The van der Waals surface area contributed by atoms with Crippen molar-refractivity contribution in [1.29, 1.82) is 0 Å². The fourth-order valence-electron chi connectivity index (χ4n) is 3.70. The van der Waals surface area contributed by atoms with Crippen LogP contribution in [0.15, 0.2) is 45.4 Å². The summed E-state index contributed by atoms with van der Waals surface area (Å²) >= 11 is 0. The van der Waals surface area contributed by atoms with Crippen molar-refractivity contribution >= 4 is 27.4 Å². The Kier molecular flexibility index (Phi) is 4.41. The Labute approximate surface area is 164 Å². The fourth-order valence-corrected chi connectivity index (χ4v) is 5.10. The number of anilines is 1. The van der Waals surface area contributed by atoms with Crippen LogP contribution in [0.1, 0.15) is 24.2 Å². The van der Waals surface area contributed by atoms with Gasteiger partial charge in [0.15, 0.2) is 5.82 Å². The number of aryl methyl sites for hydroxylation is 1. The molecule has 2 aliphatic rings. The summed E-state index contributed by atoms with van der Waals surface area (Å²) in [6, 6.07) is 8.48. The summed E-state index contributed by atoms with van der Waals surface area (Å²) in [5.74, 6) is 0.453. The van der Waals surface area contributed by atoms with Crippen LogP contribution in [-0.4, -0.2) is 55.9 Å². The summed E-state index contributed by atoms with van der Waals surface area (Å²) in [4.78, 5) is 17.1. The lowest BCUT2D eigenvalue weighted by Crippen LogP contribution is -2.43. The molecule has 0 bridgehead atoms. The van der Waals surface area contributed by atoms with Crippen molar-refractivity contribution in [2.75, 3.05) is 32.1 Å². The Bertz CT molecular complexity index is 1070. The molecule has 0 radical (unpaired) electrons. The highest BCUT2D eigenvalue weighted by Gasteiger charge is 2.41. The fraction of sp³-hybridized carbons (Fsp3) is 0.368. The highest BCUT2D eigenvalue weighted by atomic mass is 32.2. The molecule has 28 heavy (non-hydrogen) atoms. The second-order valence-corrected chi connectivity index (χ2v) is 8.96. The molecular formula is C19H22N4O4S. The number of nitrogens with zero attached hydrogens (tertiary/aromatic N) is 4. The average molecular weight is 402 g/mol. The number of hydrogen-bond donors (Lipinski definition) is 0. The smallest absolute Gasteiger partial charge is 0.278 e. The summed E-state index contributed by atoms with van der Waals surface area (Å²) in [6.07, 6.45) is 2.00. The van der Waals surface area contributed by atoms with Crippen LogP contribution in [0.4, 0.5) is 5.82 Å². The van der Waals surface area contributed by atoms with E-state index < -0.39 is 15.9 Å². The number of carbonyl (C=O) groups is 1. The third-order valence-electron chi connectivity index (χ3n) is 5.21. The number of rotatable bonds is 3. The minimum absolute atomic E-state index is 0.128. The van der Waals surface area contributed by atoms with Crippen molar-refractivity contribution in [3.63, 3.8) is 0 Å². The molecule has 2 aromatic rings. The quantitative estimate of drug-likeness (QED) is 0.781. The molecule has 0 N–H and O–H groups in total. The van der Waals surface area contributed by atoms with E-state index in [9.17, 15) is 13.2 Å². The predicted molar refractivity (Wildman–Crippen MR) is 104 cm³/mol. The maximum absolute atomic E-state index is 13.4. The molecule has 1 fully saturated rings. The third kappa shape index (κ3) is 2.77. The Morgan fingerprint density at radius 3 is 2.54 bits per heavy atom. The van der Waals surface area contributed by atoms with Crippen LogP contribution in [0.25, 0.3) is 5.70 Å². The summed E-state index contributed by atoms with van der Waals surface area (Å²) in [5, 5.41) is 3.89. The predicted octanol–water partition coefficient (Wildman–Crippen LogP) is 2.04. The van der Waals surface area contributed by atoms with Crippen LogP contribution in [0.3, 0.4) is 0 Å². The van der Waals surface area contributed by atoms with Crippen LogP contribution < -0.4 is 4.90 Å². The average Bonchev–Trinajstić information content (AvgIpc) is 3.35. The van der Waals surface area contributed by atoms with Crippen molar-refractivity contribution < 1.29 is 17.7 Å². The van der Waals surface area contributed by atoms with Crippen molar-refractivity contribution in [3.05, 3.63) is 47.4 Å². The molecule has 1 amide bonds. The number of likely N-dealkylation sites (tertiary alicyclic amines) is 1. The standard InChI is InChI=1S/C19H22N4O4S/c1-13-12-16(20-27-13)21(2)19(24)18-17(23-10-6-7-11-23)14-8-4-5-9-15(14)28(25,26)22(18)3/h4-5,8-9,12H,6-7,10-11H2,1-3H3. The van der Waals surface area contributed by atoms with Crippen molar-refractivity contribution in [2.24, 2.45) is 0 Å². The van der Waals surface area contributed by atoms with Crippen molar-refractivity contribution in [1.82, 2.24) is 14.4 Å². The van der Waals surface area contributed by atoms with Gasteiger partial charge >= 0.3 is 0 Å². The lowest BCUT2D eigenvalue weighted by atomic mass is 10.1. The topological polar surface area (TPSA) is 87.0 Å². The van der Waals surface area contributed by atoms with Crippen LogP contribution in [0.5, 0.6) is 0 Å². The van der Waals surface area contributed by atoms with Crippen LogP contribution >= 0.6 is 0 Å². The lowest BCUT2D eigenvalue weighted by Gasteiger charge is -2.36. The molecule has 0 unspecified atom stereocenters. The molecule has 8 nitrogen and oxygen atoms in total. The number of aromatic nitrogens is 1. The first-order valence-electron chi connectivity index (χ1n) is 9.11. The normalized spacial score (nSPS) is 18.4. The molecule has 148 valence electrons.